The van der Waals surface area contributed by atoms with Gasteiger partial charge in [0.2, 0.25) is 11.8 Å². The minimum Gasteiger partial charge on any atom is -0.466 e. The van der Waals surface area contributed by atoms with E-state index in [2.05, 4.69) is 5.32 Å². The van der Waals surface area contributed by atoms with E-state index in [0.29, 0.717) is 16.7 Å². The Bertz CT molecular complexity index is 1130. The number of nitrogens with two attached hydrogens (primary N) is 1. The number of carbonyl (C=O) groups is 4. The van der Waals surface area contributed by atoms with E-state index in [1.807, 2.05) is 91.0 Å². The van der Waals surface area contributed by atoms with Gasteiger partial charge in [-0.15, -0.1) is 0 Å². The Labute approximate surface area is 222 Å². The monoisotopic (exact) mass is 516 g/mol. The summed E-state index contributed by atoms with van der Waals surface area (Å²) in [5, 5.41) is 2.72. The van der Waals surface area contributed by atoms with Crippen LogP contribution in [0.1, 0.15) is 37.0 Å². The molecule has 3 rings (SSSR count). The van der Waals surface area contributed by atoms with E-state index in [9.17, 15) is 19.2 Å². The highest BCUT2D eigenvalue weighted by Crippen LogP contribution is 2.40. The minimum absolute atomic E-state index is 0.0135. The summed E-state index contributed by atoms with van der Waals surface area (Å²) in [5.41, 5.74) is 6.21. The van der Waals surface area contributed by atoms with Crippen LogP contribution in [0.2, 0.25) is 0 Å². The largest absolute Gasteiger partial charge is 0.466 e. The summed E-state index contributed by atoms with van der Waals surface area (Å²) in [6, 6.07) is 25.8. The van der Waals surface area contributed by atoms with E-state index in [1.165, 1.54) is 0 Å². The van der Waals surface area contributed by atoms with Gasteiger partial charge < -0.3 is 20.5 Å². The van der Waals surface area contributed by atoms with Crippen LogP contribution < -0.4 is 11.1 Å². The van der Waals surface area contributed by atoms with Crippen LogP contribution in [0.15, 0.2) is 91.0 Å². The van der Waals surface area contributed by atoms with Crippen LogP contribution >= 0.6 is 0 Å². The fraction of sp³-hybridized carbons (Fsp3) is 0.267. The smallest absolute Gasteiger partial charge is 0.312 e. The lowest BCUT2D eigenvalue weighted by Gasteiger charge is -2.36. The van der Waals surface area contributed by atoms with E-state index in [4.69, 9.17) is 15.2 Å². The number of ether oxygens (including phenoxy) is 2. The van der Waals surface area contributed by atoms with Crippen molar-refractivity contribution in [2.45, 2.75) is 31.7 Å². The molecule has 3 N–H and O–H groups in total. The summed E-state index contributed by atoms with van der Waals surface area (Å²) in [5.74, 6) is -4.51. The number of esters is 2. The Morgan fingerprint density at radius 1 is 0.737 bits per heavy atom. The van der Waals surface area contributed by atoms with Crippen LogP contribution in [0.25, 0.3) is 0 Å². The minimum atomic E-state index is -1.54. The summed E-state index contributed by atoms with van der Waals surface area (Å²) >= 11 is 0. The van der Waals surface area contributed by atoms with Crippen molar-refractivity contribution in [3.63, 3.8) is 0 Å². The van der Waals surface area contributed by atoms with Crippen molar-refractivity contribution in [3.05, 3.63) is 108 Å². The third-order valence-corrected chi connectivity index (χ3v) is 6.24. The van der Waals surface area contributed by atoms with Gasteiger partial charge in [-0.1, -0.05) is 91.0 Å². The summed E-state index contributed by atoms with van der Waals surface area (Å²) in [6.45, 7) is 3.32. The average molecular weight is 517 g/mol. The van der Waals surface area contributed by atoms with E-state index in [-0.39, 0.29) is 13.2 Å². The van der Waals surface area contributed by atoms with Crippen molar-refractivity contribution in [2.24, 2.45) is 11.7 Å². The van der Waals surface area contributed by atoms with E-state index in [0.717, 1.165) is 0 Å². The number of hydrogen-bond donors (Lipinski definition) is 2. The van der Waals surface area contributed by atoms with Crippen molar-refractivity contribution >= 4 is 23.8 Å². The molecule has 198 valence electrons. The fourth-order valence-corrected chi connectivity index (χ4v) is 4.56. The number of hydrogen-bond acceptors (Lipinski definition) is 6. The van der Waals surface area contributed by atoms with Crippen LogP contribution in [-0.4, -0.2) is 43.0 Å². The van der Waals surface area contributed by atoms with Crippen LogP contribution in [0.5, 0.6) is 0 Å². The molecule has 0 unspecified atom stereocenters. The van der Waals surface area contributed by atoms with Crippen LogP contribution in [0.3, 0.4) is 0 Å². The first-order valence-corrected chi connectivity index (χ1v) is 12.4. The van der Waals surface area contributed by atoms with Crippen molar-refractivity contribution in [1.29, 1.82) is 0 Å². The third-order valence-electron chi connectivity index (χ3n) is 6.24. The molecule has 0 saturated heterocycles. The lowest BCUT2D eigenvalue weighted by molar-refractivity contribution is -0.157. The Kier molecular flexibility index (Phi) is 9.76. The number of primary amides is 1. The molecule has 0 bridgehead atoms. The number of rotatable bonds is 12. The van der Waals surface area contributed by atoms with Gasteiger partial charge in [-0.05, 0) is 30.5 Å². The van der Waals surface area contributed by atoms with Crippen molar-refractivity contribution in [3.8, 4) is 0 Å². The molecule has 0 heterocycles. The maximum absolute atomic E-state index is 14.5. The molecule has 0 aliphatic rings. The normalized spacial score (nSPS) is 12.6. The molecule has 0 saturated carbocycles. The lowest BCUT2D eigenvalue weighted by Crippen LogP contribution is -2.57. The molecular weight excluding hydrogens is 484 g/mol. The van der Waals surface area contributed by atoms with Gasteiger partial charge in [0, 0.05) is 0 Å². The molecule has 3 aromatic carbocycles. The second-order valence-electron chi connectivity index (χ2n) is 8.57. The molecule has 0 aliphatic carbocycles. The second kappa shape index (κ2) is 13.2. The summed E-state index contributed by atoms with van der Waals surface area (Å²) in [4.78, 5) is 52.4. The standard InChI is InChI=1S/C30H32N2O6/c1-3-37-25(33)20-24(28(35)38-4-2)26(27(31)34)32-29(36)30(21-14-8-5-9-15-21,22-16-10-6-11-17-22)23-18-12-7-13-19-23/h5-19,24,26H,3-4,20H2,1-2H3,(H2,31,34)(H,32,36)/t24-,26+/m1/s1. The molecule has 2 atom stereocenters. The zero-order valence-electron chi connectivity index (χ0n) is 21.5. The number of amides is 2. The maximum Gasteiger partial charge on any atom is 0.312 e. The van der Waals surface area contributed by atoms with Crippen molar-refractivity contribution in [1.82, 2.24) is 5.32 Å². The van der Waals surface area contributed by atoms with Gasteiger partial charge >= 0.3 is 11.9 Å². The Morgan fingerprint density at radius 3 is 1.53 bits per heavy atom. The SMILES string of the molecule is CCOC(=O)C[C@@H](C(=O)OCC)[C@H](NC(=O)C(c1ccccc1)(c1ccccc1)c1ccccc1)C(N)=O. The van der Waals surface area contributed by atoms with E-state index >= 15 is 0 Å². The molecule has 0 radical (unpaired) electrons. The zero-order chi connectivity index (χ0) is 27.5. The number of benzene rings is 3. The molecule has 8 heteroatoms. The molecule has 8 nitrogen and oxygen atoms in total. The van der Waals surface area contributed by atoms with E-state index in [1.54, 1.807) is 13.8 Å². The maximum atomic E-state index is 14.5. The Balaban J connectivity index is 2.19. The predicted molar refractivity (Wildman–Crippen MR) is 142 cm³/mol. The van der Waals surface area contributed by atoms with Gasteiger partial charge in [0.05, 0.1) is 25.6 Å². The van der Waals surface area contributed by atoms with Crippen LogP contribution in [-0.2, 0) is 34.1 Å². The van der Waals surface area contributed by atoms with Gasteiger partial charge in [0.1, 0.15) is 11.5 Å². The summed E-state index contributed by atoms with van der Waals surface area (Å²) < 4.78 is 10.1. The molecule has 0 spiro atoms. The van der Waals surface area contributed by atoms with Crippen molar-refractivity contribution in [2.75, 3.05) is 13.2 Å². The first kappa shape index (κ1) is 28.1. The highest BCUT2D eigenvalue weighted by atomic mass is 16.5. The average Bonchev–Trinajstić information content (AvgIpc) is 2.93. The molecular formula is C30H32N2O6. The molecule has 0 fully saturated rings. The topological polar surface area (TPSA) is 125 Å². The fourth-order valence-electron chi connectivity index (χ4n) is 4.56. The van der Waals surface area contributed by atoms with Gasteiger partial charge in [0.25, 0.3) is 0 Å². The number of carbonyl (C=O) groups excluding carboxylic acids is 4. The summed E-state index contributed by atoms with van der Waals surface area (Å²) in [7, 11) is 0. The molecule has 2 amide bonds. The second-order valence-corrected chi connectivity index (χ2v) is 8.57. The highest BCUT2D eigenvalue weighted by Gasteiger charge is 2.47. The first-order valence-electron chi connectivity index (χ1n) is 12.4. The Hall–Kier alpha value is -4.46. The predicted octanol–water partition coefficient (Wildman–Crippen LogP) is 3.12. The first-order chi connectivity index (χ1) is 18.4. The van der Waals surface area contributed by atoms with Crippen LogP contribution in [0, 0.1) is 5.92 Å². The van der Waals surface area contributed by atoms with Gasteiger partial charge in [-0.2, -0.15) is 0 Å². The molecule has 0 aromatic heterocycles. The number of nitrogens with one attached hydrogen (secondary N) is 1. The molecule has 38 heavy (non-hydrogen) atoms. The zero-order valence-corrected chi connectivity index (χ0v) is 21.5. The Morgan fingerprint density at radius 2 is 1.16 bits per heavy atom. The third kappa shape index (κ3) is 6.08. The molecule has 3 aromatic rings. The van der Waals surface area contributed by atoms with Gasteiger partial charge in [-0.25, -0.2) is 0 Å². The van der Waals surface area contributed by atoms with Gasteiger partial charge in [0.15, 0.2) is 0 Å². The van der Waals surface area contributed by atoms with Gasteiger partial charge in [-0.3, -0.25) is 19.2 Å². The van der Waals surface area contributed by atoms with Crippen molar-refractivity contribution < 1.29 is 28.7 Å². The van der Waals surface area contributed by atoms with Crippen LogP contribution in [0.4, 0.5) is 0 Å². The summed E-state index contributed by atoms with van der Waals surface area (Å²) in [6.07, 6.45) is -0.491. The lowest BCUT2D eigenvalue weighted by atomic mass is 9.68. The highest BCUT2D eigenvalue weighted by molar-refractivity contribution is 6.00. The quantitative estimate of drug-likeness (QED) is 0.282. The van der Waals surface area contributed by atoms with E-state index < -0.39 is 47.5 Å². The molecule has 0 aliphatic heterocycles.